The molecule has 0 saturated heterocycles. The lowest BCUT2D eigenvalue weighted by molar-refractivity contribution is 0.225. The monoisotopic (exact) mass is 233 g/mol. The lowest BCUT2D eigenvalue weighted by atomic mass is 9.66. The molecule has 0 atom stereocenters. The Morgan fingerprint density at radius 1 is 0.824 bits per heavy atom. The molecule has 0 aliphatic carbocycles. The zero-order chi connectivity index (χ0) is 13.5. The van der Waals surface area contributed by atoms with E-state index < -0.39 is 0 Å². The van der Waals surface area contributed by atoms with Crippen molar-refractivity contribution in [1.82, 2.24) is 4.98 Å². The summed E-state index contributed by atoms with van der Waals surface area (Å²) in [7, 11) is 0. The van der Waals surface area contributed by atoms with Crippen LogP contribution in [0.1, 0.15) is 66.6 Å². The van der Waals surface area contributed by atoms with Gasteiger partial charge in [0.15, 0.2) is 0 Å². The molecule has 1 aromatic rings. The van der Waals surface area contributed by atoms with Gasteiger partial charge in [0.05, 0.1) is 0 Å². The molecule has 0 bridgehead atoms. The van der Waals surface area contributed by atoms with Crippen LogP contribution >= 0.6 is 0 Å². The van der Waals surface area contributed by atoms with Crippen molar-refractivity contribution < 1.29 is 0 Å². The first-order valence-corrected chi connectivity index (χ1v) is 6.43. The van der Waals surface area contributed by atoms with Crippen molar-refractivity contribution in [2.75, 3.05) is 0 Å². The summed E-state index contributed by atoms with van der Waals surface area (Å²) >= 11 is 0. The summed E-state index contributed by atoms with van der Waals surface area (Å²) in [6.45, 7) is 18.0. The van der Waals surface area contributed by atoms with E-state index in [2.05, 4.69) is 72.5 Å². The van der Waals surface area contributed by atoms with Crippen molar-refractivity contribution in [3.05, 3.63) is 29.6 Å². The van der Waals surface area contributed by atoms with Gasteiger partial charge in [-0.05, 0) is 22.5 Å². The second kappa shape index (κ2) is 4.12. The lowest BCUT2D eigenvalue weighted by Crippen LogP contribution is -2.34. The Labute approximate surface area is 107 Å². The molecule has 1 aromatic heterocycles. The van der Waals surface area contributed by atoms with E-state index in [1.54, 1.807) is 0 Å². The summed E-state index contributed by atoms with van der Waals surface area (Å²) in [5.41, 5.74) is 2.97. The van der Waals surface area contributed by atoms with Crippen LogP contribution in [-0.2, 0) is 10.8 Å². The molecule has 0 radical (unpaired) electrons. The van der Waals surface area contributed by atoms with Gasteiger partial charge in [0.2, 0.25) is 0 Å². The van der Waals surface area contributed by atoms with Gasteiger partial charge < -0.3 is 0 Å². The molecule has 0 amide bonds. The Kier molecular flexibility index (Phi) is 3.44. The first-order valence-electron chi connectivity index (χ1n) is 6.43. The number of nitrogens with zero attached hydrogens (tertiary/aromatic N) is 1. The summed E-state index contributed by atoms with van der Waals surface area (Å²) in [4.78, 5) is 4.63. The third-order valence-corrected chi connectivity index (χ3v) is 4.13. The molecule has 0 aliphatic rings. The SMILES string of the molecule is CC(C)(C)c1ccc(C(C)(C)C(C)(C)C)cn1. The van der Waals surface area contributed by atoms with Gasteiger partial charge in [-0.25, -0.2) is 0 Å². The Morgan fingerprint density at radius 3 is 1.65 bits per heavy atom. The van der Waals surface area contributed by atoms with Crippen LogP contribution in [0.2, 0.25) is 0 Å². The molecule has 1 rings (SSSR count). The maximum absolute atomic E-state index is 4.63. The van der Waals surface area contributed by atoms with Crippen molar-refractivity contribution >= 4 is 0 Å². The molecule has 0 aliphatic heterocycles. The van der Waals surface area contributed by atoms with Crippen LogP contribution in [0.5, 0.6) is 0 Å². The van der Waals surface area contributed by atoms with E-state index in [1.807, 2.05) is 6.20 Å². The van der Waals surface area contributed by atoms with Gasteiger partial charge in [-0.2, -0.15) is 0 Å². The lowest BCUT2D eigenvalue weighted by Gasteiger charge is -2.39. The van der Waals surface area contributed by atoms with Crippen LogP contribution in [-0.4, -0.2) is 4.98 Å². The molecule has 0 N–H and O–H groups in total. The number of rotatable bonds is 1. The summed E-state index contributed by atoms with van der Waals surface area (Å²) in [5, 5.41) is 0. The van der Waals surface area contributed by atoms with E-state index in [9.17, 15) is 0 Å². The number of aromatic nitrogens is 1. The average molecular weight is 233 g/mol. The maximum atomic E-state index is 4.63. The van der Waals surface area contributed by atoms with Crippen LogP contribution in [0.3, 0.4) is 0 Å². The molecule has 0 fully saturated rings. The molecular formula is C16H27N. The fourth-order valence-corrected chi connectivity index (χ4v) is 1.64. The van der Waals surface area contributed by atoms with Crippen LogP contribution < -0.4 is 0 Å². The summed E-state index contributed by atoms with van der Waals surface area (Å²) in [6.07, 6.45) is 2.05. The van der Waals surface area contributed by atoms with Gasteiger partial charge in [-0.1, -0.05) is 61.5 Å². The molecule has 1 heteroatoms. The smallest absolute Gasteiger partial charge is 0.0457 e. The first kappa shape index (κ1) is 14.2. The van der Waals surface area contributed by atoms with Crippen LogP contribution in [0.25, 0.3) is 0 Å². The Balaban J connectivity index is 3.12. The normalized spacial score (nSPS) is 13.9. The minimum absolute atomic E-state index is 0.129. The second-order valence-electron chi connectivity index (χ2n) is 7.56. The highest BCUT2D eigenvalue weighted by atomic mass is 14.7. The van der Waals surface area contributed by atoms with Crippen LogP contribution in [0, 0.1) is 5.41 Å². The standard InChI is InChI=1S/C16H27N/c1-14(2,3)13-10-9-12(11-17-13)16(7,8)15(4,5)6/h9-11H,1-8H3. The molecule has 0 spiro atoms. The van der Waals surface area contributed by atoms with Crippen molar-refractivity contribution in [1.29, 1.82) is 0 Å². The Hall–Kier alpha value is -0.850. The summed E-state index contributed by atoms with van der Waals surface area (Å²) < 4.78 is 0. The number of hydrogen-bond donors (Lipinski definition) is 0. The quantitative estimate of drug-likeness (QED) is 0.685. The van der Waals surface area contributed by atoms with E-state index in [4.69, 9.17) is 0 Å². The fourth-order valence-electron chi connectivity index (χ4n) is 1.64. The fraction of sp³-hybridized carbons (Fsp3) is 0.688. The van der Waals surface area contributed by atoms with Crippen molar-refractivity contribution in [3.63, 3.8) is 0 Å². The molecule has 1 heterocycles. The molecular weight excluding hydrogens is 206 g/mol. The highest BCUT2D eigenvalue weighted by Crippen LogP contribution is 2.40. The van der Waals surface area contributed by atoms with Gasteiger partial charge in [-0.15, -0.1) is 0 Å². The van der Waals surface area contributed by atoms with Gasteiger partial charge in [-0.3, -0.25) is 4.98 Å². The van der Waals surface area contributed by atoms with Crippen molar-refractivity contribution in [3.8, 4) is 0 Å². The third kappa shape index (κ3) is 2.88. The van der Waals surface area contributed by atoms with E-state index >= 15 is 0 Å². The molecule has 1 nitrogen and oxygen atoms in total. The Morgan fingerprint density at radius 2 is 1.35 bits per heavy atom. The summed E-state index contributed by atoms with van der Waals surface area (Å²) in [5.74, 6) is 0. The van der Waals surface area contributed by atoms with E-state index in [-0.39, 0.29) is 16.2 Å². The number of hydrogen-bond acceptors (Lipinski definition) is 1. The first-order chi connectivity index (χ1) is 7.46. The average Bonchev–Trinajstić information content (AvgIpc) is 2.15. The van der Waals surface area contributed by atoms with Gasteiger partial charge in [0.25, 0.3) is 0 Å². The molecule has 0 saturated carbocycles. The predicted molar refractivity (Wildman–Crippen MR) is 75.4 cm³/mol. The second-order valence-corrected chi connectivity index (χ2v) is 7.56. The van der Waals surface area contributed by atoms with Gasteiger partial charge >= 0.3 is 0 Å². The van der Waals surface area contributed by atoms with Crippen molar-refractivity contribution in [2.24, 2.45) is 5.41 Å². The van der Waals surface area contributed by atoms with E-state index in [0.29, 0.717) is 0 Å². The zero-order valence-electron chi connectivity index (χ0n) is 12.7. The Bertz CT molecular complexity index is 371. The van der Waals surface area contributed by atoms with E-state index in [0.717, 1.165) is 5.69 Å². The van der Waals surface area contributed by atoms with Crippen molar-refractivity contribution in [2.45, 2.75) is 66.2 Å². The molecule has 0 aromatic carbocycles. The summed E-state index contributed by atoms with van der Waals surface area (Å²) in [6, 6.07) is 4.40. The van der Waals surface area contributed by atoms with E-state index in [1.165, 1.54) is 5.56 Å². The van der Waals surface area contributed by atoms with Crippen LogP contribution in [0.4, 0.5) is 0 Å². The molecule has 17 heavy (non-hydrogen) atoms. The predicted octanol–water partition coefficient (Wildman–Crippen LogP) is 4.70. The molecule has 0 unspecified atom stereocenters. The molecule has 96 valence electrons. The van der Waals surface area contributed by atoms with Crippen LogP contribution in [0.15, 0.2) is 18.3 Å². The van der Waals surface area contributed by atoms with Gasteiger partial charge in [0, 0.05) is 17.3 Å². The minimum atomic E-state index is 0.129. The largest absolute Gasteiger partial charge is 0.260 e. The highest BCUT2D eigenvalue weighted by Gasteiger charge is 2.34. The highest BCUT2D eigenvalue weighted by molar-refractivity contribution is 5.26. The third-order valence-electron chi connectivity index (χ3n) is 4.13. The number of pyridine rings is 1. The minimum Gasteiger partial charge on any atom is -0.260 e. The zero-order valence-corrected chi connectivity index (χ0v) is 12.7. The maximum Gasteiger partial charge on any atom is 0.0457 e. The van der Waals surface area contributed by atoms with Gasteiger partial charge in [0.1, 0.15) is 0 Å². The topological polar surface area (TPSA) is 12.9 Å².